The number of carboxylic acid groups (broad SMARTS) is 1. The molecule has 8 heteroatoms. The number of aliphatic hydroxyl groups is 1. The van der Waals surface area contributed by atoms with Crippen LogP contribution in [0.1, 0.15) is 30.1 Å². The molecular formula is C13H16BrNO5S. The van der Waals surface area contributed by atoms with Crippen LogP contribution in [0, 0.1) is 0 Å². The van der Waals surface area contributed by atoms with E-state index in [-0.39, 0.29) is 23.5 Å². The molecule has 0 bridgehead atoms. The highest BCUT2D eigenvalue weighted by atomic mass is 79.9. The van der Waals surface area contributed by atoms with E-state index in [2.05, 4.69) is 15.9 Å². The Balaban J connectivity index is 2.26. The van der Waals surface area contributed by atoms with Crippen LogP contribution in [0.25, 0.3) is 0 Å². The average Bonchev–Trinajstić information content (AvgIpc) is 2.36. The van der Waals surface area contributed by atoms with Crippen LogP contribution in [0.15, 0.2) is 27.6 Å². The SMILES string of the molecule is CCCC1(O)CN(S(=O)(=O)c2ccc(Br)c(C(=O)O)c2)C1. The van der Waals surface area contributed by atoms with Crippen molar-refractivity contribution >= 4 is 31.9 Å². The van der Waals surface area contributed by atoms with Crippen molar-refractivity contribution in [1.29, 1.82) is 0 Å². The molecule has 0 radical (unpaired) electrons. The summed E-state index contributed by atoms with van der Waals surface area (Å²) in [6.45, 7) is 2.01. The second-order valence-corrected chi connectivity index (χ2v) is 7.99. The summed E-state index contributed by atoms with van der Waals surface area (Å²) < 4.78 is 26.3. The smallest absolute Gasteiger partial charge is 0.336 e. The number of aromatic carboxylic acids is 1. The first-order valence-corrected chi connectivity index (χ1v) is 8.68. The Morgan fingerprint density at radius 1 is 1.43 bits per heavy atom. The van der Waals surface area contributed by atoms with Crippen LogP contribution in [0.5, 0.6) is 0 Å². The fraction of sp³-hybridized carbons (Fsp3) is 0.462. The van der Waals surface area contributed by atoms with E-state index < -0.39 is 21.6 Å². The summed E-state index contributed by atoms with van der Waals surface area (Å²) >= 11 is 3.08. The van der Waals surface area contributed by atoms with Crippen molar-refractivity contribution < 1.29 is 23.4 Å². The van der Waals surface area contributed by atoms with Gasteiger partial charge in [0.15, 0.2) is 0 Å². The molecule has 2 N–H and O–H groups in total. The highest BCUT2D eigenvalue weighted by molar-refractivity contribution is 9.10. The lowest BCUT2D eigenvalue weighted by Crippen LogP contribution is -2.63. The van der Waals surface area contributed by atoms with Crippen LogP contribution in [0.2, 0.25) is 0 Å². The van der Waals surface area contributed by atoms with Gasteiger partial charge < -0.3 is 10.2 Å². The zero-order valence-corrected chi connectivity index (χ0v) is 13.8. The van der Waals surface area contributed by atoms with E-state index in [0.717, 1.165) is 16.8 Å². The van der Waals surface area contributed by atoms with Gasteiger partial charge in [-0.2, -0.15) is 4.31 Å². The third kappa shape index (κ3) is 3.13. The van der Waals surface area contributed by atoms with E-state index in [1.807, 2.05) is 6.92 Å². The Morgan fingerprint density at radius 2 is 2.05 bits per heavy atom. The first kappa shape index (κ1) is 16.4. The highest BCUT2D eigenvalue weighted by Gasteiger charge is 2.46. The lowest BCUT2D eigenvalue weighted by Gasteiger charge is -2.45. The number of nitrogens with zero attached hydrogens (tertiary/aromatic N) is 1. The first-order valence-electron chi connectivity index (χ1n) is 6.45. The topological polar surface area (TPSA) is 94.9 Å². The van der Waals surface area contributed by atoms with Crippen LogP contribution in [0.4, 0.5) is 0 Å². The lowest BCUT2D eigenvalue weighted by molar-refractivity contribution is -0.0653. The Kier molecular flexibility index (Phi) is 4.44. The van der Waals surface area contributed by atoms with Crippen LogP contribution in [-0.2, 0) is 10.0 Å². The average molecular weight is 378 g/mol. The number of halogens is 1. The van der Waals surface area contributed by atoms with E-state index in [1.54, 1.807) is 0 Å². The molecule has 1 heterocycles. The molecule has 0 unspecified atom stereocenters. The largest absolute Gasteiger partial charge is 0.478 e. The Labute approximate surface area is 131 Å². The summed E-state index contributed by atoms with van der Waals surface area (Å²) in [5.41, 5.74) is -1.08. The van der Waals surface area contributed by atoms with Gasteiger partial charge in [-0.15, -0.1) is 0 Å². The number of hydrogen-bond donors (Lipinski definition) is 2. The summed E-state index contributed by atoms with van der Waals surface area (Å²) in [6.07, 6.45) is 1.31. The maximum atomic E-state index is 12.4. The summed E-state index contributed by atoms with van der Waals surface area (Å²) in [5, 5.41) is 19.1. The molecule has 0 amide bonds. The minimum Gasteiger partial charge on any atom is -0.478 e. The van der Waals surface area contributed by atoms with E-state index in [4.69, 9.17) is 5.11 Å². The molecule has 0 aliphatic carbocycles. The maximum absolute atomic E-state index is 12.4. The number of carbonyl (C=O) groups is 1. The quantitative estimate of drug-likeness (QED) is 0.813. The molecule has 116 valence electrons. The van der Waals surface area contributed by atoms with Crippen LogP contribution >= 0.6 is 15.9 Å². The monoisotopic (exact) mass is 377 g/mol. The van der Waals surface area contributed by atoms with Gasteiger partial charge in [0.05, 0.1) is 16.1 Å². The zero-order chi connectivity index (χ0) is 15.8. The van der Waals surface area contributed by atoms with Gasteiger partial charge in [0.2, 0.25) is 10.0 Å². The third-order valence-corrected chi connectivity index (χ3v) is 5.94. The molecule has 2 rings (SSSR count). The van der Waals surface area contributed by atoms with Crippen molar-refractivity contribution in [2.45, 2.75) is 30.3 Å². The minimum atomic E-state index is -3.78. The summed E-state index contributed by atoms with van der Waals surface area (Å²) in [7, 11) is -3.78. The molecule has 1 aromatic rings. The fourth-order valence-electron chi connectivity index (χ4n) is 2.38. The second-order valence-electron chi connectivity index (χ2n) is 5.19. The normalized spacial score (nSPS) is 18.2. The molecule has 1 fully saturated rings. The van der Waals surface area contributed by atoms with Gasteiger partial charge >= 0.3 is 5.97 Å². The molecule has 0 atom stereocenters. The van der Waals surface area contributed by atoms with E-state index in [9.17, 15) is 18.3 Å². The van der Waals surface area contributed by atoms with E-state index in [0.29, 0.717) is 10.9 Å². The summed E-state index contributed by atoms with van der Waals surface area (Å²) in [4.78, 5) is 11.0. The van der Waals surface area contributed by atoms with Crippen molar-refractivity contribution in [3.05, 3.63) is 28.2 Å². The highest BCUT2D eigenvalue weighted by Crippen LogP contribution is 2.32. The Hall–Kier alpha value is -0.960. The van der Waals surface area contributed by atoms with Gasteiger partial charge in [-0.05, 0) is 40.5 Å². The van der Waals surface area contributed by atoms with Gasteiger partial charge in [-0.1, -0.05) is 13.3 Å². The number of β-amino-alcohol motifs (C(OH)–C–C–N with tert-alkyl or cyclic N) is 1. The van der Waals surface area contributed by atoms with Gasteiger partial charge in [-0.3, -0.25) is 0 Å². The predicted molar refractivity (Wildman–Crippen MR) is 79.7 cm³/mol. The molecule has 21 heavy (non-hydrogen) atoms. The van der Waals surface area contributed by atoms with Crippen molar-refractivity contribution in [1.82, 2.24) is 4.31 Å². The van der Waals surface area contributed by atoms with Crippen molar-refractivity contribution in [3.8, 4) is 0 Å². The Bertz CT molecular complexity index is 667. The molecule has 0 aromatic heterocycles. The van der Waals surface area contributed by atoms with Gasteiger partial charge in [0.1, 0.15) is 0 Å². The van der Waals surface area contributed by atoms with E-state index >= 15 is 0 Å². The second kappa shape index (κ2) is 5.68. The maximum Gasteiger partial charge on any atom is 0.336 e. The molecule has 6 nitrogen and oxygen atoms in total. The molecule has 0 saturated carbocycles. The number of sulfonamides is 1. The number of rotatable bonds is 5. The number of carboxylic acids is 1. The van der Waals surface area contributed by atoms with Crippen LogP contribution in [-0.4, -0.2) is 47.6 Å². The van der Waals surface area contributed by atoms with Crippen molar-refractivity contribution in [3.63, 3.8) is 0 Å². The molecule has 1 aliphatic heterocycles. The molecule has 0 spiro atoms. The summed E-state index contributed by atoms with van der Waals surface area (Å²) in [6, 6.07) is 3.87. The fourth-order valence-corrected chi connectivity index (χ4v) is 4.42. The minimum absolute atomic E-state index is 0.0433. The number of hydrogen-bond acceptors (Lipinski definition) is 4. The Morgan fingerprint density at radius 3 is 2.57 bits per heavy atom. The molecule has 1 aromatic carbocycles. The zero-order valence-electron chi connectivity index (χ0n) is 11.4. The molecular weight excluding hydrogens is 362 g/mol. The van der Waals surface area contributed by atoms with Crippen molar-refractivity contribution in [2.24, 2.45) is 0 Å². The van der Waals surface area contributed by atoms with Crippen LogP contribution < -0.4 is 0 Å². The van der Waals surface area contributed by atoms with E-state index in [1.165, 1.54) is 12.1 Å². The van der Waals surface area contributed by atoms with Gasteiger partial charge in [-0.25, -0.2) is 13.2 Å². The predicted octanol–water partition coefficient (Wildman–Crippen LogP) is 1.68. The van der Waals surface area contributed by atoms with Gasteiger partial charge in [0, 0.05) is 17.6 Å². The first-order chi connectivity index (χ1) is 9.69. The summed E-state index contributed by atoms with van der Waals surface area (Å²) in [5.74, 6) is -1.20. The lowest BCUT2D eigenvalue weighted by atomic mass is 9.92. The standard InChI is InChI=1S/C13H16BrNO5S/c1-2-5-13(18)7-15(8-13)21(19,20)9-3-4-11(14)10(6-9)12(16)17/h3-4,6,18H,2,5,7-8H2,1H3,(H,16,17). The van der Waals surface area contributed by atoms with Crippen molar-refractivity contribution in [2.75, 3.05) is 13.1 Å². The number of benzene rings is 1. The van der Waals surface area contributed by atoms with Gasteiger partial charge in [0.25, 0.3) is 0 Å². The van der Waals surface area contributed by atoms with Crippen LogP contribution in [0.3, 0.4) is 0 Å². The molecule has 1 saturated heterocycles. The molecule has 1 aliphatic rings. The third-order valence-electron chi connectivity index (χ3n) is 3.46.